The van der Waals surface area contributed by atoms with E-state index in [9.17, 15) is 5.26 Å². The molecule has 4 aromatic rings. The van der Waals surface area contributed by atoms with Gasteiger partial charge in [-0.3, -0.25) is 5.10 Å². The lowest BCUT2D eigenvalue weighted by Gasteiger charge is -2.10. The van der Waals surface area contributed by atoms with Crippen LogP contribution in [-0.4, -0.2) is 22.3 Å². The summed E-state index contributed by atoms with van der Waals surface area (Å²) < 4.78 is 5.23. The van der Waals surface area contributed by atoms with Crippen molar-refractivity contribution >= 4 is 16.9 Å². The van der Waals surface area contributed by atoms with Crippen molar-refractivity contribution in [3.05, 3.63) is 60.2 Å². The molecule has 0 amide bonds. The maximum absolute atomic E-state index is 9.69. The minimum absolute atomic E-state index is 0.164. The predicted octanol–water partition coefficient (Wildman–Crippen LogP) is 3.75. The van der Waals surface area contributed by atoms with Crippen LogP contribution in [0.5, 0.6) is 5.75 Å². The van der Waals surface area contributed by atoms with Crippen molar-refractivity contribution in [2.75, 3.05) is 12.8 Å². The minimum atomic E-state index is 0.164. The monoisotopic (exact) mass is 341 g/mol. The number of methoxy groups -OCH3 is 1. The van der Waals surface area contributed by atoms with Crippen molar-refractivity contribution in [1.82, 2.24) is 15.2 Å². The van der Waals surface area contributed by atoms with Crippen molar-refractivity contribution in [2.24, 2.45) is 0 Å². The number of pyridine rings is 1. The number of anilines is 1. The number of rotatable bonds is 3. The SMILES string of the molecule is COc1ccc(-c2c(C#N)c(N)nc3n[nH]c(-c4ccccc4)c23)cc1. The number of nitrogen functional groups attached to an aromatic ring is 1. The average molecular weight is 341 g/mol. The fourth-order valence-electron chi connectivity index (χ4n) is 3.05. The molecule has 3 N–H and O–H groups in total. The molecule has 126 valence electrons. The molecule has 2 heterocycles. The third-order valence-electron chi connectivity index (χ3n) is 4.28. The summed E-state index contributed by atoms with van der Waals surface area (Å²) in [5, 5.41) is 17.8. The average Bonchev–Trinajstić information content (AvgIpc) is 3.11. The highest BCUT2D eigenvalue weighted by molar-refractivity contribution is 6.05. The Bertz CT molecular complexity index is 1130. The molecule has 0 aliphatic carbocycles. The molecule has 0 aliphatic rings. The zero-order valence-electron chi connectivity index (χ0n) is 14.0. The lowest BCUT2D eigenvalue weighted by Crippen LogP contribution is -1.99. The Labute approximate surface area is 149 Å². The summed E-state index contributed by atoms with van der Waals surface area (Å²) in [7, 11) is 1.61. The number of fused-ring (bicyclic) bond motifs is 1. The third kappa shape index (κ3) is 2.43. The maximum Gasteiger partial charge on any atom is 0.184 e. The first-order valence-corrected chi connectivity index (χ1v) is 8.00. The van der Waals surface area contributed by atoms with Crippen LogP contribution in [0.1, 0.15) is 5.56 Å². The molecule has 0 unspecified atom stereocenters. The number of nitrogens with one attached hydrogen (secondary N) is 1. The number of aromatic amines is 1. The second kappa shape index (κ2) is 6.22. The van der Waals surface area contributed by atoms with E-state index in [0.717, 1.165) is 28.0 Å². The maximum atomic E-state index is 9.69. The van der Waals surface area contributed by atoms with Crippen LogP contribution < -0.4 is 10.5 Å². The van der Waals surface area contributed by atoms with Gasteiger partial charge >= 0.3 is 0 Å². The first-order valence-electron chi connectivity index (χ1n) is 8.00. The number of ether oxygens (including phenoxy) is 1. The van der Waals surface area contributed by atoms with Gasteiger partial charge in [-0.25, -0.2) is 4.98 Å². The number of aromatic nitrogens is 3. The number of hydrogen-bond donors (Lipinski definition) is 2. The number of benzene rings is 2. The van der Waals surface area contributed by atoms with Gasteiger partial charge < -0.3 is 10.5 Å². The smallest absolute Gasteiger partial charge is 0.184 e. The number of H-pyrrole nitrogens is 1. The van der Waals surface area contributed by atoms with Crippen LogP contribution in [0.2, 0.25) is 0 Å². The molecule has 0 aliphatic heterocycles. The van der Waals surface area contributed by atoms with E-state index in [-0.39, 0.29) is 5.82 Å². The summed E-state index contributed by atoms with van der Waals surface area (Å²) >= 11 is 0. The summed E-state index contributed by atoms with van der Waals surface area (Å²) in [4.78, 5) is 4.30. The zero-order chi connectivity index (χ0) is 18.1. The van der Waals surface area contributed by atoms with E-state index in [1.807, 2.05) is 54.6 Å². The van der Waals surface area contributed by atoms with Gasteiger partial charge in [-0.05, 0) is 17.7 Å². The van der Waals surface area contributed by atoms with Crippen molar-refractivity contribution in [1.29, 1.82) is 5.26 Å². The Balaban J connectivity index is 2.08. The van der Waals surface area contributed by atoms with Gasteiger partial charge in [0.05, 0.1) is 18.2 Å². The van der Waals surface area contributed by atoms with Gasteiger partial charge in [0.25, 0.3) is 0 Å². The van der Waals surface area contributed by atoms with Gasteiger partial charge in [0.15, 0.2) is 5.65 Å². The molecule has 0 saturated heterocycles. The first kappa shape index (κ1) is 15.7. The van der Waals surface area contributed by atoms with Crippen LogP contribution in [0.15, 0.2) is 54.6 Å². The molecule has 0 fully saturated rings. The lowest BCUT2D eigenvalue weighted by atomic mass is 9.95. The van der Waals surface area contributed by atoms with Crippen LogP contribution in [-0.2, 0) is 0 Å². The molecule has 2 aromatic heterocycles. The molecule has 6 heteroatoms. The van der Waals surface area contributed by atoms with Gasteiger partial charge in [0.2, 0.25) is 0 Å². The summed E-state index contributed by atoms with van der Waals surface area (Å²) in [6.45, 7) is 0. The molecule has 0 bridgehead atoms. The van der Waals surface area contributed by atoms with Crippen LogP contribution in [0, 0.1) is 11.3 Å². The van der Waals surface area contributed by atoms with E-state index in [1.54, 1.807) is 7.11 Å². The third-order valence-corrected chi connectivity index (χ3v) is 4.28. The lowest BCUT2D eigenvalue weighted by molar-refractivity contribution is 0.415. The summed E-state index contributed by atoms with van der Waals surface area (Å²) in [6.07, 6.45) is 0. The largest absolute Gasteiger partial charge is 0.497 e. The number of nitriles is 1. The molecule has 2 aromatic carbocycles. The normalized spacial score (nSPS) is 10.6. The highest BCUT2D eigenvalue weighted by atomic mass is 16.5. The predicted molar refractivity (Wildman–Crippen MR) is 100 cm³/mol. The molecule has 26 heavy (non-hydrogen) atoms. The second-order valence-electron chi connectivity index (χ2n) is 5.75. The van der Waals surface area contributed by atoms with Crippen molar-refractivity contribution in [2.45, 2.75) is 0 Å². The van der Waals surface area contributed by atoms with Gasteiger partial charge in [0, 0.05) is 11.1 Å². The van der Waals surface area contributed by atoms with Crippen LogP contribution in [0.25, 0.3) is 33.4 Å². The van der Waals surface area contributed by atoms with Crippen molar-refractivity contribution in [3.63, 3.8) is 0 Å². The molecule has 0 spiro atoms. The topological polar surface area (TPSA) is 101 Å². The highest BCUT2D eigenvalue weighted by Crippen LogP contribution is 2.38. The van der Waals surface area contributed by atoms with Gasteiger partial charge in [0.1, 0.15) is 23.2 Å². The second-order valence-corrected chi connectivity index (χ2v) is 5.75. The van der Waals surface area contributed by atoms with Crippen molar-refractivity contribution in [3.8, 4) is 34.2 Å². The summed E-state index contributed by atoms with van der Waals surface area (Å²) in [5.41, 5.74) is 10.2. The number of nitrogens with zero attached hydrogens (tertiary/aromatic N) is 3. The Morgan fingerprint density at radius 2 is 1.77 bits per heavy atom. The Morgan fingerprint density at radius 3 is 2.42 bits per heavy atom. The van der Waals surface area contributed by atoms with E-state index in [0.29, 0.717) is 16.8 Å². The Kier molecular flexibility index (Phi) is 3.75. The Morgan fingerprint density at radius 1 is 1.04 bits per heavy atom. The molecule has 0 atom stereocenters. The standard InChI is InChI=1S/C20H15N5O/c1-26-14-9-7-12(8-10-14)16-15(11-21)19(22)23-20-17(16)18(24-25-20)13-5-3-2-4-6-13/h2-10H,1H3,(H3,22,23,24,25). The highest BCUT2D eigenvalue weighted by Gasteiger charge is 2.20. The van der Waals surface area contributed by atoms with Crippen LogP contribution in [0.4, 0.5) is 5.82 Å². The van der Waals surface area contributed by atoms with Crippen molar-refractivity contribution < 1.29 is 4.74 Å². The zero-order valence-corrected chi connectivity index (χ0v) is 14.0. The van der Waals surface area contributed by atoms with E-state index >= 15 is 0 Å². The fraction of sp³-hybridized carbons (Fsp3) is 0.0500. The molecular formula is C20H15N5O. The van der Waals surface area contributed by atoms with Gasteiger partial charge in [-0.1, -0.05) is 42.5 Å². The van der Waals surface area contributed by atoms with Gasteiger partial charge in [-0.2, -0.15) is 10.4 Å². The van der Waals surface area contributed by atoms with E-state index in [2.05, 4.69) is 21.3 Å². The van der Waals surface area contributed by atoms with E-state index in [1.165, 1.54) is 0 Å². The molecule has 6 nitrogen and oxygen atoms in total. The molecular weight excluding hydrogens is 326 g/mol. The number of hydrogen-bond acceptors (Lipinski definition) is 5. The molecule has 4 rings (SSSR count). The van der Waals surface area contributed by atoms with E-state index < -0.39 is 0 Å². The van der Waals surface area contributed by atoms with E-state index in [4.69, 9.17) is 10.5 Å². The molecule has 0 radical (unpaired) electrons. The summed E-state index contributed by atoms with van der Waals surface area (Å²) in [5.74, 6) is 0.901. The quantitative estimate of drug-likeness (QED) is 0.591. The van der Waals surface area contributed by atoms with Crippen LogP contribution >= 0.6 is 0 Å². The van der Waals surface area contributed by atoms with Gasteiger partial charge in [-0.15, -0.1) is 0 Å². The number of nitrogens with two attached hydrogens (primary N) is 1. The fourth-order valence-corrected chi connectivity index (χ4v) is 3.05. The van der Waals surface area contributed by atoms with Crippen LogP contribution in [0.3, 0.4) is 0 Å². The first-order chi connectivity index (χ1) is 12.7. The summed E-state index contributed by atoms with van der Waals surface area (Å²) in [6, 6.07) is 19.5. The minimum Gasteiger partial charge on any atom is -0.497 e. The Hall–Kier alpha value is -3.85. The molecule has 0 saturated carbocycles.